The number of carboxylic acid groups (broad SMARTS) is 1. The molecule has 0 saturated carbocycles. The fourth-order valence-electron chi connectivity index (χ4n) is 2.18. The minimum Gasteiger partial charge on any atom is -0.481 e. The third-order valence-corrected chi connectivity index (χ3v) is 4.17. The zero-order valence-corrected chi connectivity index (χ0v) is 13.8. The lowest BCUT2D eigenvalue weighted by Gasteiger charge is -2.19. The number of carboxylic acids is 1. The number of aryl methyl sites for hydroxylation is 2. The number of hydrogen-bond donors (Lipinski definition) is 2. The molecule has 0 atom stereocenters. The molecule has 2 aromatic carbocycles. The van der Waals surface area contributed by atoms with Gasteiger partial charge in [0.15, 0.2) is 0 Å². The van der Waals surface area contributed by atoms with Gasteiger partial charge in [-0.25, -0.2) is 0 Å². The lowest BCUT2D eigenvalue weighted by atomic mass is 9.85. The zero-order chi connectivity index (χ0) is 17.2. The minimum atomic E-state index is -0.962. The Hall–Kier alpha value is -2.62. The van der Waals surface area contributed by atoms with Crippen molar-refractivity contribution in [1.29, 1.82) is 0 Å². The van der Waals surface area contributed by atoms with Gasteiger partial charge in [-0.2, -0.15) is 0 Å². The molecule has 0 unspecified atom stereocenters. The molecule has 2 N–H and O–H groups in total. The monoisotopic (exact) mass is 311 g/mol. The van der Waals surface area contributed by atoms with Crippen molar-refractivity contribution in [2.75, 3.05) is 5.32 Å². The summed E-state index contributed by atoms with van der Waals surface area (Å²) in [6.07, 6.45) is 0. The van der Waals surface area contributed by atoms with E-state index in [2.05, 4.69) is 5.32 Å². The number of benzene rings is 2. The molecule has 0 bridgehead atoms. The van der Waals surface area contributed by atoms with Gasteiger partial charge in [0, 0.05) is 11.3 Å². The summed E-state index contributed by atoms with van der Waals surface area (Å²) in [7, 11) is 0. The molecule has 0 aliphatic heterocycles. The topological polar surface area (TPSA) is 66.4 Å². The van der Waals surface area contributed by atoms with Gasteiger partial charge in [0.25, 0.3) is 5.91 Å². The average molecular weight is 311 g/mol. The van der Waals surface area contributed by atoms with E-state index in [1.54, 1.807) is 44.2 Å². The smallest absolute Gasteiger partial charge is 0.313 e. The van der Waals surface area contributed by atoms with E-state index >= 15 is 0 Å². The van der Waals surface area contributed by atoms with E-state index in [1.807, 2.05) is 26.0 Å². The Labute approximate surface area is 136 Å². The van der Waals surface area contributed by atoms with Crippen LogP contribution in [0.15, 0.2) is 42.5 Å². The fourth-order valence-corrected chi connectivity index (χ4v) is 2.18. The second kappa shape index (κ2) is 6.24. The van der Waals surface area contributed by atoms with Gasteiger partial charge in [0.05, 0.1) is 5.41 Å². The maximum atomic E-state index is 12.3. The summed E-state index contributed by atoms with van der Waals surface area (Å²) in [6, 6.07) is 12.5. The summed E-state index contributed by atoms with van der Waals surface area (Å²) in [5.74, 6) is -1.07. The van der Waals surface area contributed by atoms with Gasteiger partial charge < -0.3 is 10.4 Å². The van der Waals surface area contributed by atoms with E-state index in [-0.39, 0.29) is 5.91 Å². The van der Waals surface area contributed by atoms with E-state index in [0.29, 0.717) is 16.8 Å². The highest BCUT2D eigenvalue weighted by Crippen LogP contribution is 2.25. The summed E-state index contributed by atoms with van der Waals surface area (Å²) in [6.45, 7) is 7.27. The molecule has 23 heavy (non-hydrogen) atoms. The van der Waals surface area contributed by atoms with E-state index in [9.17, 15) is 14.7 Å². The van der Waals surface area contributed by atoms with Crippen molar-refractivity contribution >= 4 is 17.6 Å². The molecule has 0 aliphatic rings. The SMILES string of the molecule is Cc1ccc(C(=O)Nc2ccc(C(C)(C)C(=O)O)cc2)cc1C. The summed E-state index contributed by atoms with van der Waals surface area (Å²) < 4.78 is 0. The number of carbonyl (C=O) groups is 2. The quantitative estimate of drug-likeness (QED) is 0.899. The Morgan fingerprint density at radius 1 is 0.957 bits per heavy atom. The van der Waals surface area contributed by atoms with Gasteiger partial charge >= 0.3 is 5.97 Å². The third-order valence-electron chi connectivity index (χ3n) is 4.17. The van der Waals surface area contributed by atoms with Crippen molar-refractivity contribution in [2.24, 2.45) is 0 Å². The van der Waals surface area contributed by atoms with E-state index < -0.39 is 11.4 Å². The number of aliphatic carboxylic acids is 1. The van der Waals surface area contributed by atoms with Crippen molar-refractivity contribution in [3.63, 3.8) is 0 Å². The molecular formula is C19H21NO3. The van der Waals surface area contributed by atoms with Gasteiger partial charge in [-0.15, -0.1) is 0 Å². The average Bonchev–Trinajstić information content (AvgIpc) is 2.50. The van der Waals surface area contributed by atoms with Crippen LogP contribution in [0, 0.1) is 13.8 Å². The van der Waals surface area contributed by atoms with Crippen molar-refractivity contribution in [2.45, 2.75) is 33.1 Å². The van der Waals surface area contributed by atoms with Crippen LogP contribution in [0.4, 0.5) is 5.69 Å². The van der Waals surface area contributed by atoms with E-state index in [4.69, 9.17) is 0 Å². The number of rotatable bonds is 4. The first-order valence-electron chi connectivity index (χ1n) is 7.44. The Balaban J connectivity index is 2.16. The standard InChI is InChI=1S/C19H21NO3/c1-12-5-6-14(11-13(12)2)17(21)20-16-9-7-15(8-10-16)19(3,4)18(22)23/h5-11H,1-4H3,(H,20,21)(H,22,23). The van der Waals surface area contributed by atoms with Crippen LogP contribution < -0.4 is 5.32 Å². The predicted octanol–water partition coefficient (Wildman–Crippen LogP) is 3.92. The Morgan fingerprint density at radius 2 is 1.57 bits per heavy atom. The van der Waals surface area contributed by atoms with Crippen molar-refractivity contribution in [3.8, 4) is 0 Å². The molecule has 4 nitrogen and oxygen atoms in total. The van der Waals surface area contributed by atoms with Crippen LogP contribution in [0.1, 0.15) is 40.9 Å². The summed E-state index contributed by atoms with van der Waals surface area (Å²) in [4.78, 5) is 23.5. The van der Waals surface area contributed by atoms with Gasteiger partial charge in [0.2, 0.25) is 0 Å². The summed E-state index contributed by atoms with van der Waals surface area (Å²) in [5, 5.41) is 12.1. The lowest BCUT2D eigenvalue weighted by molar-refractivity contribution is -0.142. The Kier molecular flexibility index (Phi) is 4.55. The van der Waals surface area contributed by atoms with Crippen LogP contribution in [-0.4, -0.2) is 17.0 Å². The zero-order valence-electron chi connectivity index (χ0n) is 13.8. The molecular weight excluding hydrogens is 290 g/mol. The second-order valence-electron chi connectivity index (χ2n) is 6.26. The maximum absolute atomic E-state index is 12.3. The van der Waals surface area contributed by atoms with Crippen LogP contribution in [0.5, 0.6) is 0 Å². The molecule has 0 radical (unpaired) electrons. The molecule has 120 valence electrons. The lowest BCUT2D eigenvalue weighted by Crippen LogP contribution is -2.28. The summed E-state index contributed by atoms with van der Waals surface area (Å²) >= 11 is 0. The highest BCUT2D eigenvalue weighted by atomic mass is 16.4. The molecule has 1 amide bonds. The molecule has 4 heteroatoms. The molecule has 2 aromatic rings. The second-order valence-corrected chi connectivity index (χ2v) is 6.26. The third kappa shape index (κ3) is 3.59. The fraction of sp³-hybridized carbons (Fsp3) is 0.263. The molecule has 0 fully saturated rings. The number of carbonyl (C=O) groups excluding carboxylic acids is 1. The van der Waals surface area contributed by atoms with E-state index in [1.165, 1.54) is 0 Å². The van der Waals surface area contributed by atoms with Crippen LogP contribution in [-0.2, 0) is 10.2 Å². The molecule has 0 aromatic heterocycles. The van der Waals surface area contributed by atoms with Crippen molar-refractivity contribution < 1.29 is 14.7 Å². The number of anilines is 1. The van der Waals surface area contributed by atoms with Crippen molar-refractivity contribution in [1.82, 2.24) is 0 Å². The van der Waals surface area contributed by atoms with Crippen molar-refractivity contribution in [3.05, 3.63) is 64.7 Å². The first-order chi connectivity index (χ1) is 10.7. The maximum Gasteiger partial charge on any atom is 0.313 e. The van der Waals surface area contributed by atoms with Crippen LogP contribution in [0.2, 0.25) is 0 Å². The Morgan fingerprint density at radius 3 is 2.09 bits per heavy atom. The van der Waals surface area contributed by atoms with Gasteiger partial charge in [-0.05, 0) is 68.7 Å². The highest BCUT2D eigenvalue weighted by Gasteiger charge is 2.29. The predicted molar refractivity (Wildman–Crippen MR) is 91.0 cm³/mol. The normalized spacial score (nSPS) is 11.1. The molecule has 0 spiro atoms. The Bertz CT molecular complexity index is 746. The van der Waals surface area contributed by atoms with Gasteiger partial charge in [-0.3, -0.25) is 9.59 Å². The molecule has 2 rings (SSSR count). The highest BCUT2D eigenvalue weighted by molar-refractivity contribution is 6.04. The van der Waals surface area contributed by atoms with Crippen LogP contribution in [0.25, 0.3) is 0 Å². The minimum absolute atomic E-state index is 0.182. The van der Waals surface area contributed by atoms with Gasteiger partial charge in [-0.1, -0.05) is 18.2 Å². The van der Waals surface area contributed by atoms with E-state index in [0.717, 1.165) is 11.1 Å². The molecule has 0 heterocycles. The van der Waals surface area contributed by atoms with Gasteiger partial charge in [0.1, 0.15) is 0 Å². The first-order valence-corrected chi connectivity index (χ1v) is 7.44. The van der Waals surface area contributed by atoms with Crippen LogP contribution >= 0.6 is 0 Å². The largest absolute Gasteiger partial charge is 0.481 e. The molecule has 0 saturated heterocycles. The van der Waals surface area contributed by atoms with Crippen LogP contribution in [0.3, 0.4) is 0 Å². The molecule has 0 aliphatic carbocycles. The summed E-state index contributed by atoms with van der Waals surface area (Å²) in [5.41, 5.74) is 3.17. The number of nitrogens with one attached hydrogen (secondary N) is 1. The number of amides is 1. The number of hydrogen-bond acceptors (Lipinski definition) is 2. The first kappa shape index (κ1) is 16.7.